The van der Waals surface area contributed by atoms with Crippen LogP contribution in [0.4, 0.5) is 11.6 Å². The van der Waals surface area contributed by atoms with Gasteiger partial charge in [-0.3, -0.25) is 4.79 Å². The van der Waals surface area contributed by atoms with Crippen LogP contribution in [-0.4, -0.2) is 55.1 Å². The van der Waals surface area contributed by atoms with E-state index in [0.717, 1.165) is 0 Å². The highest BCUT2D eigenvalue weighted by Crippen LogP contribution is 2.28. The predicted octanol–water partition coefficient (Wildman–Crippen LogP) is 0.417. The molecule has 18 heavy (non-hydrogen) atoms. The van der Waals surface area contributed by atoms with Crippen molar-refractivity contribution in [2.75, 3.05) is 44.9 Å². The second kappa shape index (κ2) is 6.63. The van der Waals surface area contributed by atoms with Crippen molar-refractivity contribution in [2.45, 2.75) is 6.92 Å². The van der Waals surface area contributed by atoms with Crippen molar-refractivity contribution < 1.29 is 9.53 Å². The van der Waals surface area contributed by atoms with Crippen molar-refractivity contribution in [1.29, 1.82) is 0 Å². The molecule has 0 radical (unpaired) electrons. The van der Waals surface area contributed by atoms with Crippen molar-refractivity contribution in [3.05, 3.63) is 6.33 Å². The number of anilines is 2. The van der Waals surface area contributed by atoms with Gasteiger partial charge in [0.2, 0.25) is 11.7 Å². The normalized spacial score (nSPS) is 9.78. The minimum Gasteiger partial charge on any atom is -0.490 e. The van der Waals surface area contributed by atoms with E-state index in [1.807, 2.05) is 6.92 Å². The Labute approximate surface area is 107 Å². The van der Waals surface area contributed by atoms with Gasteiger partial charge in [-0.2, -0.15) is 0 Å². The summed E-state index contributed by atoms with van der Waals surface area (Å²) in [5.74, 6) is 1.55. The van der Waals surface area contributed by atoms with Crippen LogP contribution in [0.1, 0.15) is 6.92 Å². The van der Waals surface area contributed by atoms with Crippen LogP contribution in [0.5, 0.6) is 5.75 Å². The van der Waals surface area contributed by atoms with Gasteiger partial charge >= 0.3 is 0 Å². The van der Waals surface area contributed by atoms with Gasteiger partial charge in [0.25, 0.3) is 0 Å². The highest BCUT2D eigenvalue weighted by molar-refractivity contribution is 5.81. The highest BCUT2D eigenvalue weighted by Gasteiger charge is 2.13. The molecule has 0 aliphatic rings. The Morgan fingerprint density at radius 1 is 1.44 bits per heavy atom. The number of nitrogens with one attached hydrogen (secondary N) is 2. The molecule has 0 spiro atoms. The van der Waals surface area contributed by atoms with E-state index < -0.39 is 0 Å². The molecule has 1 heterocycles. The molecule has 0 saturated heterocycles. The van der Waals surface area contributed by atoms with Crippen molar-refractivity contribution >= 4 is 17.5 Å². The van der Waals surface area contributed by atoms with Crippen molar-refractivity contribution in [1.82, 2.24) is 14.9 Å². The van der Waals surface area contributed by atoms with Crippen LogP contribution in [-0.2, 0) is 4.79 Å². The second-order valence-corrected chi connectivity index (χ2v) is 3.62. The molecule has 100 valence electrons. The summed E-state index contributed by atoms with van der Waals surface area (Å²) in [7, 11) is 5.02. The zero-order valence-corrected chi connectivity index (χ0v) is 11.1. The van der Waals surface area contributed by atoms with Crippen molar-refractivity contribution in [3.63, 3.8) is 0 Å². The number of carbonyl (C=O) groups is 1. The van der Waals surface area contributed by atoms with Gasteiger partial charge in [0, 0.05) is 20.6 Å². The monoisotopic (exact) mass is 253 g/mol. The number of likely N-dealkylation sites (N-methyl/N-ethyl adjacent to an activating group) is 1. The lowest BCUT2D eigenvalue weighted by molar-refractivity contribution is -0.127. The third-order valence-electron chi connectivity index (χ3n) is 2.55. The van der Waals surface area contributed by atoms with Crippen LogP contribution in [0.15, 0.2) is 6.33 Å². The van der Waals surface area contributed by atoms with Crippen LogP contribution in [0.2, 0.25) is 0 Å². The molecule has 0 unspecified atom stereocenters. The third kappa shape index (κ3) is 3.22. The van der Waals surface area contributed by atoms with Crippen LogP contribution >= 0.6 is 0 Å². The number of nitrogens with zero attached hydrogens (tertiary/aromatic N) is 3. The van der Waals surface area contributed by atoms with Crippen molar-refractivity contribution in [2.24, 2.45) is 0 Å². The number of rotatable bonds is 6. The molecule has 0 bridgehead atoms. The minimum atomic E-state index is -0.0100. The SMILES string of the molecule is CCN(C)C(=O)CNc1ncnc(NC)c1OC. The largest absolute Gasteiger partial charge is 0.490 e. The number of aromatic nitrogens is 2. The summed E-state index contributed by atoms with van der Waals surface area (Å²) in [6.45, 7) is 2.76. The van der Waals surface area contributed by atoms with Gasteiger partial charge in [0.15, 0.2) is 11.6 Å². The van der Waals surface area contributed by atoms with E-state index in [9.17, 15) is 4.79 Å². The Morgan fingerprint density at radius 3 is 2.67 bits per heavy atom. The average molecular weight is 253 g/mol. The van der Waals surface area contributed by atoms with Crippen LogP contribution in [0.25, 0.3) is 0 Å². The maximum absolute atomic E-state index is 11.7. The van der Waals surface area contributed by atoms with Gasteiger partial charge in [-0.15, -0.1) is 0 Å². The van der Waals surface area contributed by atoms with Crippen molar-refractivity contribution in [3.8, 4) is 5.75 Å². The summed E-state index contributed by atoms with van der Waals surface area (Å²) in [6, 6.07) is 0. The molecule has 7 heteroatoms. The third-order valence-corrected chi connectivity index (χ3v) is 2.55. The first-order chi connectivity index (χ1) is 8.63. The maximum atomic E-state index is 11.7. The summed E-state index contributed by atoms with van der Waals surface area (Å²) >= 11 is 0. The molecule has 0 aromatic carbocycles. The Hall–Kier alpha value is -2.05. The van der Waals surface area contributed by atoms with Crippen LogP contribution < -0.4 is 15.4 Å². The fourth-order valence-corrected chi connectivity index (χ4v) is 1.34. The smallest absolute Gasteiger partial charge is 0.241 e. The van der Waals surface area contributed by atoms with Crippen LogP contribution in [0.3, 0.4) is 0 Å². The molecular formula is C11H19N5O2. The molecule has 0 saturated carbocycles. The summed E-state index contributed by atoms with van der Waals surface area (Å²) in [4.78, 5) is 21.4. The highest BCUT2D eigenvalue weighted by atomic mass is 16.5. The van der Waals surface area contributed by atoms with Gasteiger partial charge in [-0.1, -0.05) is 0 Å². The summed E-state index contributed by atoms with van der Waals surface area (Å²) in [6.07, 6.45) is 1.41. The fourth-order valence-electron chi connectivity index (χ4n) is 1.34. The lowest BCUT2D eigenvalue weighted by Gasteiger charge is -2.16. The maximum Gasteiger partial charge on any atom is 0.241 e. The molecule has 1 aromatic heterocycles. The lowest BCUT2D eigenvalue weighted by atomic mass is 10.4. The van der Waals surface area contributed by atoms with Gasteiger partial charge in [0.1, 0.15) is 6.33 Å². The first-order valence-electron chi connectivity index (χ1n) is 5.68. The Morgan fingerprint density at radius 2 is 2.11 bits per heavy atom. The standard InChI is InChI=1S/C11H19N5O2/c1-5-16(3)8(17)6-13-11-9(18-4)10(12-2)14-7-15-11/h7H,5-6H2,1-4H3,(H2,12,13,14,15). The van der Waals surface area contributed by atoms with E-state index in [4.69, 9.17) is 4.74 Å². The number of amides is 1. The first-order valence-corrected chi connectivity index (χ1v) is 5.68. The molecule has 1 rings (SSSR count). The first kappa shape index (κ1) is 14.0. The Balaban J connectivity index is 2.76. The van der Waals surface area contributed by atoms with E-state index in [0.29, 0.717) is 23.9 Å². The number of carbonyl (C=O) groups excluding carboxylic acids is 1. The predicted molar refractivity (Wildman–Crippen MR) is 69.9 cm³/mol. The number of ether oxygens (including phenoxy) is 1. The summed E-state index contributed by atoms with van der Waals surface area (Å²) in [5.41, 5.74) is 0. The molecular weight excluding hydrogens is 234 g/mol. The average Bonchev–Trinajstić information content (AvgIpc) is 2.42. The van der Waals surface area contributed by atoms with E-state index in [2.05, 4.69) is 20.6 Å². The molecule has 7 nitrogen and oxygen atoms in total. The summed E-state index contributed by atoms with van der Waals surface area (Å²) < 4.78 is 5.21. The molecule has 0 fully saturated rings. The Kier molecular flexibility index (Phi) is 5.16. The molecule has 1 amide bonds. The van der Waals surface area contributed by atoms with E-state index in [1.54, 1.807) is 19.0 Å². The molecule has 2 N–H and O–H groups in total. The van der Waals surface area contributed by atoms with Gasteiger partial charge in [-0.05, 0) is 6.92 Å². The minimum absolute atomic E-state index is 0.0100. The molecule has 0 aliphatic heterocycles. The molecule has 0 aliphatic carbocycles. The second-order valence-electron chi connectivity index (χ2n) is 3.62. The van der Waals surface area contributed by atoms with Gasteiger partial charge in [0.05, 0.1) is 13.7 Å². The van der Waals surface area contributed by atoms with Gasteiger partial charge < -0.3 is 20.3 Å². The zero-order chi connectivity index (χ0) is 13.5. The quantitative estimate of drug-likeness (QED) is 0.764. The number of hydrogen-bond acceptors (Lipinski definition) is 6. The van der Waals surface area contributed by atoms with E-state index >= 15 is 0 Å². The van der Waals surface area contributed by atoms with E-state index in [1.165, 1.54) is 13.4 Å². The number of methoxy groups -OCH3 is 1. The van der Waals surface area contributed by atoms with E-state index in [-0.39, 0.29) is 12.5 Å². The summed E-state index contributed by atoms with van der Waals surface area (Å²) in [5, 5.41) is 5.84. The molecule has 0 atom stereocenters. The number of hydrogen-bond donors (Lipinski definition) is 2. The fraction of sp³-hybridized carbons (Fsp3) is 0.545. The zero-order valence-electron chi connectivity index (χ0n) is 11.1. The molecule has 1 aromatic rings. The lowest BCUT2D eigenvalue weighted by Crippen LogP contribution is -2.32. The van der Waals surface area contributed by atoms with Gasteiger partial charge in [-0.25, -0.2) is 9.97 Å². The topological polar surface area (TPSA) is 79.4 Å². The Bertz CT molecular complexity index is 410. The van der Waals surface area contributed by atoms with Crippen LogP contribution in [0, 0.1) is 0 Å².